The Hall–Kier alpha value is -0.420. The van der Waals surface area contributed by atoms with Gasteiger partial charge in [0, 0.05) is 11.8 Å². The third-order valence-electron chi connectivity index (χ3n) is 4.17. The minimum atomic E-state index is -0.741. The van der Waals surface area contributed by atoms with Gasteiger partial charge in [0.2, 0.25) is 0 Å². The van der Waals surface area contributed by atoms with Crippen molar-refractivity contribution >= 4 is 0 Å². The van der Waals surface area contributed by atoms with Crippen LogP contribution in [0.4, 0.5) is 0 Å². The van der Waals surface area contributed by atoms with Crippen molar-refractivity contribution in [1.29, 1.82) is 0 Å². The Bertz CT molecular complexity index is 313. The summed E-state index contributed by atoms with van der Waals surface area (Å²) in [5.41, 5.74) is 0.0557. The molecule has 0 aromatic carbocycles. The van der Waals surface area contributed by atoms with E-state index in [1.807, 2.05) is 6.92 Å². The first-order valence-electron chi connectivity index (χ1n) is 8.29. The van der Waals surface area contributed by atoms with Gasteiger partial charge >= 0.3 is 0 Å². The first-order valence-corrected chi connectivity index (χ1v) is 8.29. The maximum absolute atomic E-state index is 9.13. The summed E-state index contributed by atoms with van der Waals surface area (Å²) in [6.07, 6.45) is 11.4. The van der Waals surface area contributed by atoms with E-state index in [4.69, 9.17) is 19.3 Å². The number of aliphatic hydroxyl groups excluding tert-OH is 1. The summed E-state index contributed by atoms with van der Waals surface area (Å²) < 4.78 is 17.3. The molecule has 3 rings (SSSR count). The summed E-state index contributed by atoms with van der Waals surface area (Å²) >= 11 is 0. The third-order valence-corrected chi connectivity index (χ3v) is 4.17. The highest BCUT2D eigenvalue weighted by Crippen LogP contribution is 2.40. The van der Waals surface area contributed by atoms with E-state index in [-0.39, 0.29) is 11.5 Å². The molecule has 0 radical (unpaired) electrons. The molecule has 3 aliphatic rings. The van der Waals surface area contributed by atoms with Crippen LogP contribution in [0.1, 0.15) is 58.8 Å². The van der Waals surface area contributed by atoms with Crippen LogP contribution in [0.15, 0.2) is 12.2 Å². The lowest BCUT2D eigenvalue weighted by Gasteiger charge is -2.50. The van der Waals surface area contributed by atoms with Gasteiger partial charge < -0.3 is 19.3 Å². The SMILES string of the molecule is CC(O)C/C=C/CCCCCCC12OCC(C)(CO1)CO2. The van der Waals surface area contributed by atoms with Crippen molar-refractivity contribution < 1.29 is 19.3 Å². The summed E-state index contributed by atoms with van der Waals surface area (Å²) in [4.78, 5) is 0. The second kappa shape index (κ2) is 7.73. The molecule has 4 heteroatoms. The van der Waals surface area contributed by atoms with Crippen molar-refractivity contribution in [2.45, 2.75) is 70.9 Å². The van der Waals surface area contributed by atoms with E-state index < -0.39 is 5.97 Å². The highest BCUT2D eigenvalue weighted by atomic mass is 16.9. The van der Waals surface area contributed by atoms with Gasteiger partial charge in [-0.3, -0.25) is 0 Å². The molecule has 0 amide bonds. The number of fused-ring (bicyclic) bond motifs is 3. The summed E-state index contributed by atoms with van der Waals surface area (Å²) in [5.74, 6) is -0.741. The molecule has 0 aromatic heterocycles. The molecule has 1 unspecified atom stereocenters. The zero-order chi connectivity index (χ0) is 15.2. The molecule has 3 saturated heterocycles. The zero-order valence-corrected chi connectivity index (χ0v) is 13.5. The fourth-order valence-corrected chi connectivity index (χ4v) is 2.69. The molecule has 2 bridgehead atoms. The second-order valence-electron chi connectivity index (χ2n) is 6.87. The van der Waals surface area contributed by atoms with E-state index in [2.05, 4.69) is 19.1 Å². The molecule has 3 heterocycles. The first-order chi connectivity index (χ1) is 10.0. The lowest BCUT2D eigenvalue weighted by molar-refractivity contribution is -0.467. The predicted molar refractivity (Wildman–Crippen MR) is 81.8 cm³/mol. The van der Waals surface area contributed by atoms with Gasteiger partial charge in [-0.15, -0.1) is 0 Å². The van der Waals surface area contributed by atoms with Crippen molar-refractivity contribution in [2.24, 2.45) is 5.41 Å². The van der Waals surface area contributed by atoms with E-state index in [9.17, 15) is 0 Å². The number of ether oxygens (including phenoxy) is 3. The molecule has 21 heavy (non-hydrogen) atoms. The second-order valence-corrected chi connectivity index (χ2v) is 6.87. The predicted octanol–water partition coefficient (Wildman–Crippen LogP) is 3.39. The van der Waals surface area contributed by atoms with Crippen molar-refractivity contribution in [3.8, 4) is 0 Å². The van der Waals surface area contributed by atoms with Crippen molar-refractivity contribution in [3.05, 3.63) is 12.2 Å². The van der Waals surface area contributed by atoms with Crippen LogP contribution < -0.4 is 0 Å². The fourth-order valence-electron chi connectivity index (χ4n) is 2.69. The number of hydrogen-bond acceptors (Lipinski definition) is 4. The van der Waals surface area contributed by atoms with Crippen molar-refractivity contribution in [3.63, 3.8) is 0 Å². The van der Waals surface area contributed by atoms with Crippen LogP contribution in [0.25, 0.3) is 0 Å². The zero-order valence-electron chi connectivity index (χ0n) is 13.5. The Morgan fingerprint density at radius 3 is 2.24 bits per heavy atom. The van der Waals surface area contributed by atoms with E-state index >= 15 is 0 Å². The number of allylic oxidation sites excluding steroid dienone is 1. The van der Waals surface area contributed by atoms with Crippen LogP contribution >= 0.6 is 0 Å². The first kappa shape index (κ1) is 16.9. The summed E-state index contributed by atoms with van der Waals surface area (Å²) in [6.45, 7) is 6.21. The van der Waals surface area contributed by atoms with E-state index in [0.717, 1.165) is 45.5 Å². The molecule has 0 saturated carbocycles. The van der Waals surface area contributed by atoms with Crippen molar-refractivity contribution in [1.82, 2.24) is 0 Å². The minimum absolute atomic E-state index is 0.0557. The maximum atomic E-state index is 9.13. The Morgan fingerprint density at radius 1 is 1.00 bits per heavy atom. The largest absolute Gasteiger partial charge is 0.393 e. The van der Waals surface area contributed by atoms with Crippen LogP contribution in [-0.4, -0.2) is 37.0 Å². The molecule has 122 valence electrons. The Labute approximate surface area is 128 Å². The van der Waals surface area contributed by atoms with Gasteiger partial charge in [0.25, 0.3) is 5.97 Å². The summed E-state index contributed by atoms with van der Waals surface area (Å²) in [6, 6.07) is 0. The van der Waals surface area contributed by atoms with Crippen LogP contribution in [0.5, 0.6) is 0 Å². The molecule has 3 aliphatic heterocycles. The number of unbranched alkanes of at least 4 members (excludes halogenated alkanes) is 4. The lowest BCUT2D eigenvalue weighted by atomic mass is 9.91. The van der Waals surface area contributed by atoms with Gasteiger partial charge in [-0.25, -0.2) is 0 Å². The van der Waals surface area contributed by atoms with Gasteiger partial charge in [0.1, 0.15) is 0 Å². The third kappa shape index (κ3) is 5.37. The van der Waals surface area contributed by atoms with Crippen LogP contribution in [0.2, 0.25) is 0 Å². The van der Waals surface area contributed by atoms with E-state index in [1.54, 1.807) is 0 Å². The van der Waals surface area contributed by atoms with Crippen molar-refractivity contribution in [2.75, 3.05) is 19.8 Å². The number of aliphatic hydroxyl groups is 1. The molecule has 0 spiro atoms. The molecule has 1 atom stereocenters. The van der Waals surface area contributed by atoms with Gasteiger partial charge in [-0.2, -0.15) is 0 Å². The monoisotopic (exact) mass is 298 g/mol. The fraction of sp³-hybridized carbons (Fsp3) is 0.882. The Kier molecular flexibility index (Phi) is 6.23. The van der Waals surface area contributed by atoms with Crippen LogP contribution in [-0.2, 0) is 14.2 Å². The highest BCUT2D eigenvalue weighted by Gasteiger charge is 2.49. The topological polar surface area (TPSA) is 47.9 Å². The molecular weight excluding hydrogens is 268 g/mol. The quantitative estimate of drug-likeness (QED) is 0.523. The molecule has 4 nitrogen and oxygen atoms in total. The standard InChI is InChI=1S/C17H30O4/c1-15(18)10-8-6-4-3-5-7-9-11-17-19-12-16(2,13-20-17)14-21-17/h6,8,15,18H,3-5,7,9-14H2,1-2H3/b8-6+. The molecule has 0 aromatic rings. The average molecular weight is 298 g/mol. The molecule has 1 N–H and O–H groups in total. The molecule has 0 aliphatic carbocycles. The minimum Gasteiger partial charge on any atom is -0.393 e. The summed E-state index contributed by atoms with van der Waals surface area (Å²) in [5, 5.41) is 9.13. The van der Waals surface area contributed by atoms with Crippen LogP contribution in [0, 0.1) is 5.41 Å². The molecular formula is C17H30O4. The Balaban J connectivity index is 1.50. The van der Waals surface area contributed by atoms with E-state index in [1.165, 1.54) is 19.3 Å². The summed E-state index contributed by atoms with van der Waals surface area (Å²) in [7, 11) is 0. The average Bonchev–Trinajstić information content (AvgIpc) is 2.47. The van der Waals surface area contributed by atoms with E-state index in [0.29, 0.717) is 0 Å². The van der Waals surface area contributed by atoms with Gasteiger partial charge in [0.05, 0.1) is 25.9 Å². The van der Waals surface area contributed by atoms with Gasteiger partial charge in [-0.1, -0.05) is 31.9 Å². The smallest absolute Gasteiger partial charge is 0.282 e. The van der Waals surface area contributed by atoms with Gasteiger partial charge in [-0.05, 0) is 32.6 Å². The Morgan fingerprint density at radius 2 is 1.62 bits per heavy atom. The molecule has 3 fully saturated rings. The number of rotatable bonds is 9. The maximum Gasteiger partial charge on any atom is 0.282 e. The highest BCUT2D eigenvalue weighted by molar-refractivity contribution is 4.85. The number of hydrogen-bond donors (Lipinski definition) is 1. The van der Waals surface area contributed by atoms with Gasteiger partial charge in [0.15, 0.2) is 0 Å². The van der Waals surface area contributed by atoms with Crippen LogP contribution in [0.3, 0.4) is 0 Å². The lowest BCUT2D eigenvalue weighted by Crippen LogP contribution is -2.58. The normalized spacial score (nSPS) is 33.7.